The number of Topliss-reactive ketones (excluding diaryl/α,β-unsaturated/α-hetero) is 1. The smallest absolute Gasteiger partial charge is 0.163 e. The topological polar surface area (TPSA) is 26.3 Å². The summed E-state index contributed by atoms with van der Waals surface area (Å²) in [6, 6.07) is 7.63. The molecule has 0 bridgehead atoms. The summed E-state index contributed by atoms with van der Waals surface area (Å²) in [4.78, 5) is 11.5. The molecule has 0 fully saturated rings. The molecule has 1 aromatic rings. The zero-order chi connectivity index (χ0) is 9.97. The van der Waals surface area contributed by atoms with E-state index in [1.54, 1.807) is 7.11 Å². The van der Waals surface area contributed by atoms with Gasteiger partial charge in [-0.15, -0.1) is 0 Å². The highest BCUT2D eigenvalue weighted by Gasteiger charge is 2.19. The first-order valence-electron chi connectivity index (χ1n) is 4.69. The molecule has 0 spiro atoms. The predicted octanol–water partition coefficient (Wildman–Crippen LogP) is 2.44. The summed E-state index contributed by atoms with van der Waals surface area (Å²) in [6.07, 6.45) is 3.47. The lowest BCUT2D eigenvalue weighted by Crippen LogP contribution is -1.97. The van der Waals surface area contributed by atoms with Gasteiger partial charge in [0.25, 0.3) is 0 Å². The van der Waals surface area contributed by atoms with E-state index in [-0.39, 0.29) is 5.78 Å². The van der Waals surface area contributed by atoms with E-state index in [0.717, 1.165) is 23.3 Å². The van der Waals surface area contributed by atoms with Crippen LogP contribution in [-0.4, -0.2) is 12.9 Å². The number of carbonyl (C=O) groups excluding carboxylic acids is 1. The third-order valence-corrected chi connectivity index (χ3v) is 2.42. The Balaban J connectivity index is 2.45. The highest BCUT2D eigenvalue weighted by Crippen LogP contribution is 2.30. The van der Waals surface area contributed by atoms with E-state index in [4.69, 9.17) is 4.74 Å². The van der Waals surface area contributed by atoms with Crippen molar-refractivity contribution in [3.8, 4) is 5.75 Å². The van der Waals surface area contributed by atoms with E-state index in [1.165, 1.54) is 0 Å². The van der Waals surface area contributed by atoms with Crippen molar-refractivity contribution in [3.63, 3.8) is 0 Å². The summed E-state index contributed by atoms with van der Waals surface area (Å²) in [5, 5.41) is 0. The maximum atomic E-state index is 11.5. The van der Waals surface area contributed by atoms with Gasteiger partial charge in [-0.05, 0) is 12.5 Å². The Bertz CT molecular complexity index is 391. The summed E-state index contributed by atoms with van der Waals surface area (Å²) >= 11 is 0. The molecule has 0 N–H and O–H groups in total. The van der Waals surface area contributed by atoms with Crippen LogP contribution in [0.3, 0.4) is 0 Å². The Morgan fingerprint density at radius 1 is 1.29 bits per heavy atom. The second-order valence-corrected chi connectivity index (χ2v) is 3.28. The fourth-order valence-electron chi connectivity index (χ4n) is 1.72. The van der Waals surface area contributed by atoms with Crippen molar-refractivity contribution in [1.82, 2.24) is 0 Å². The molecule has 2 heteroatoms. The van der Waals surface area contributed by atoms with Gasteiger partial charge in [0.1, 0.15) is 5.75 Å². The van der Waals surface area contributed by atoms with Crippen LogP contribution in [-0.2, 0) is 4.79 Å². The number of carbonyl (C=O) groups is 1. The van der Waals surface area contributed by atoms with Gasteiger partial charge in [-0.3, -0.25) is 4.79 Å². The Hall–Kier alpha value is -1.57. The summed E-state index contributed by atoms with van der Waals surface area (Å²) in [5.74, 6) is 0.989. The summed E-state index contributed by atoms with van der Waals surface area (Å²) < 4.78 is 5.21. The summed E-state index contributed by atoms with van der Waals surface area (Å²) in [5.41, 5.74) is 1.72. The largest absolute Gasteiger partial charge is 0.496 e. The molecule has 0 aromatic heterocycles. The summed E-state index contributed by atoms with van der Waals surface area (Å²) in [6.45, 7) is 0. The molecule has 0 atom stereocenters. The van der Waals surface area contributed by atoms with Crippen molar-refractivity contribution in [3.05, 3.63) is 35.9 Å². The van der Waals surface area contributed by atoms with Crippen molar-refractivity contribution in [2.24, 2.45) is 0 Å². The number of ketones is 1. The molecular weight excluding hydrogens is 176 g/mol. The minimum atomic E-state index is 0.217. The lowest BCUT2D eigenvalue weighted by atomic mass is 10.0. The lowest BCUT2D eigenvalue weighted by molar-refractivity contribution is -0.113. The minimum absolute atomic E-state index is 0.217. The number of hydrogen-bond donors (Lipinski definition) is 0. The van der Waals surface area contributed by atoms with E-state index < -0.39 is 0 Å². The molecule has 2 nitrogen and oxygen atoms in total. The van der Waals surface area contributed by atoms with Crippen molar-refractivity contribution in [2.75, 3.05) is 7.11 Å². The molecule has 0 unspecified atom stereocenters. The third-order valence-electron chi connectivity index (χ3n) is 2.42. The van der Waals surface area contributed by atoms with Crippen molar-refractivity contribution in [2.45, 2.75) is 12.8 Å². The average Bonchev–Trinajstić information content (AvgIpc) is 2.64. The highest BCUT2D eigenvalue weighted by atomic mass is 16.5. The number of methoxy groups -OCH3 is 1. The molecule has 1 aliphatic carbocycles. The molecule has 0 saturated heterocycles. The average molecular weight is 188 g/mol. The van der Waals surface area contributed by atoms with Gasteiger partial charge in [0.15, 0.2) is 5.78 Å². The summed E-state index contributed by atoms with van der Waals surface area (Å²) in [7, 11) is 1.62. The SMILES string of the molecule is COc1ccccc1C1=CCCC1=O. The number of hydrogen-bond acceptors (Lipinski definition) is 2. The predicted molar refractivity (Wildman–Crippen MR) is 55.2 cm³/mol. The van der Waals surface area contributed by atoms with Crippen LogP contribution in [0.25, 0.3) is 5.57 Å². The Labute approximate surface area is 83.2 Å². The molecule has 72 valence electrons. The van der Waals surface area contributed by atoms with E-state index in [9.17, 15) is 4.79 Å². The number of para-hydroxylation sites is 1. The highest BCUT2D eigenvalue weighted by molar-refractivity contribution is 6.23. The van der Waals surface area contributed by atoms with Crippen LogP contribution < -0.4 is 4.74 Å². The zero-order valence-corrected chi connectivity index (χ0v) is 8.12. The Morgan fingerprint density at radius 2 is 2.07 bits per heavy atom. The first kappa shape index (κ1) is 9.00. The molecule has 0 amide bonds. The molecule has 1 aromatic carbocycles. The van der Waals surface area contributed by atoms with Crippen LogP contribution in [0.4, 0.5) is 0 Å². The van der Waals surface area contributed by atoms with Crippen LogP contribution in [0.1, 0.15) is 18.4 Å². The fraction of sp³-hybridized carbons (Fsp3) is 0.250. The third kappa shape index (κ3) is 1.43. The molecule has 0 aliphatic heterocycles. The second-order valence-electron chi connectivity index (χ2n) is 3.28. The van der Waals surface area contributed by atoms with Crippen LogP contribution in [0.2, 0.25) is 0 Å². The van der Waals surface area contributed by atoms with Crippen LogP contribution in [0.15, 0.2) is 30.3 Å². The van der Waals surface area contributed by atoms with Gasteiger partial charge in [0.2, 0.25) is 0 Å². The van der Waals surface area contributed by atoms with Gasteiger partial charge < -0.3 is 4.74 Å². The van der Waals surface area contributed by atoms with Gasteiger partial charge in [-0.2, -0.15) is 0 Å². The number of allylic oxidation sites excluding steroid dienone is 2. The molecule has 0 saturated carbocycles. The maximum Gasteiger partial charge on any atom is 0.163 e. The fourth-order valence-corrected chi connectivity index (χ4v) is 1.72. The van der Waals surface area contributed by atoms with Gasteiger partial charge >= 0.3 is 0 Å². The quantitative estimate of drug-likeness (QED) is 0.712. The van der Waals surface area contributed by atoms with Gasteiger partial charge in [0.05, 0.1) is 7.11 Å². The van der Waals surface area contributed by atoms with Crippen LogP contribution in [0, 0.1) is 0 Å². The van der Waals surface area contributed by atoms with Crippen molar-refractivity contribution in [1.29, 1.82) is 0 Å². The minimum Gasteiger partial charge on any atom is -0.496 e. The molecule has 2 rings (SSSR count). The molecule has 0 heterocycles. The van der Waals surface area contributed by atoms with Gasteiger partial charge in [0, 0.05) is 17.6 Å². The Kier molecular flexibility index (Phi) is 2.35. The molecule has 14 heavy (non-hydrogen) atoms. The van der Waals surface area contributed by atoms with E-state index in [0.29, 0.717) is 6.42 Å². The standard InChI is InChI=1S/C12H12O2/c1-14-12-8-3-2-5-10(12)9-6-4-7-11(9)13/h2-3,5-6,8H,4,7H2,1H3. The lowest BCUT2D eigenvalue weighted by Gasteiger charge is -2.07. The molecule has 1 aliphatic rings. The van der Waals surface area contributed by atoms with Crippen molar-refractivity contribution < 1.29 is 9.53 Å². The Morgan fingerprint density at radius 3 is 2.71 bits per heavy atom. The van der Waals surface area contributed by atoms with Crippen LogP contribution >= 0.6 is 0 Å². The molecular formula is C12H12O2. The zero-order valence-electron chi connectivity index (χ0n) is 8.12. The molecule has 0 radical (unpaired) electrons. The van der Waals surface area contributed by atoms with Crippen molar-refractivity contribution >= 4 is 11.4 Å². The van der Waals surface area contributed by atoms with E-state index in [2.05, 4.69) is 0 Å². The van der Waals surface area contributed by atoms with Gasteiger partial charge in [-0.25, -0.2) is 0 Å². The van der Waals surface area contributed by atoms with E-state index >= 15 is 0 Å². The number of ether oxygens (including phenoxy) is 1. The number of rotatable bonds is 2. The van der Waals surface area contributed by atoms with Gasteiger partial charge in [-0.1, -0.05) is 24.3 Å². The monoisotopic (exact) mass is 188 g/mol. The van der Waals surface area contributed by atoms with Crippen LogP contribution in [0.5, 0.6) is 5.75 Å². The first-order chi connectivity index (χ1) is 6.83. The maximum absolute atomic E-state index is 11.5. The second kappa shape index (κ2) is 3.66. The van der Waals surface area contributed by atoms with E-state index in [1.807, 2.05) is 30.3 Å². The normalized spacial score (nSPS) is 15.5. The number of benzene rings is 1. The first-order valence-corrected chi connectivity index (χ1v) is 4.69.